The molecule has 1 aromatic rings. The van der Waals surface area contributed by atoms with Gasteiger partial charge in [0.25, 0.3) is 0 Å². The maximum Gasteiger partial charge on any atom is 1.00 e. The number of benzene rings is 1. The van der Waals surface area contributed by atoms with Crippen molar-refractivity contribution in [2.24, 2.45) is 0 Å². The Bertz CT molecular complexity index is 344. The molecule has 0 fully saturated rings. The van der Waals surface area contributed by atoms with Crippen LogP contribution in [-0.4, -0.2) is 11.8 Å². The fourth-order valence-corrected chi connectivity index (χ4v) is 0.804. The molecule has 0 aliphatic heterocycles. The second kappa shape index (κ2) is 6.54. The molecule has 1 aromatic carbocycles. The third-order valence-corrected chi connectivity index (χ3v) is 1.43. The second-order valence-corrected chi connectivity index (χ2v) is 2.40. The van der Waals surface area contributed by atoms with E-state index >= 15 is 0 Å². The van der Waals surface area contributed by atoms with Crippen LogP contribution in [0.1, 0.15) is 5.56 Å². The Morgan fingerprint density at radius 1 is 1.14 bits per heavy atom. The normalized spacial score (nSPS) is 9.43. The maximum absolute atomic E-state index is 10.6. The van der Waals surface area contributed by atoms with Gasteiger partial charge in [-0.3, -0.25) is 4.79 Å². The molecule has 1 rings (SSSR count). The molecule has 0 amide bonds. The first-order valence-electron chi connectivity index (χ1n) is 3.68. The first kappa shape index (κ1) is 13.1. The molecular formula is C10H7NaO3. The Morgan fingerprint density at radius 2 is 1.71 bits per heavy atom. The SMILES string of the molecule is O=C([O-])C(=O)C=Cc1ccccc1.[Na+]. The van der Waals surface area contributed by atoms with Gasteiger partial charge in [0, 0.05) is 0 Å². The van der Waals surface area contributed by atoms with E-state index in [0.29, 0.717) is 0 Å². The van der Waals surface area contributed by atoms with Crippen molar-refractivity contribution in [3.8, 4) is 0 Å². The summed E-state index contributed by atoms with van der Waals surface area (Å²) in [6, 6.07) is 8.95. The standard InChI is InChI=1S/C10H8O3.Na/c11-9(10(12)13)7-6-8-4-2-1-3-5-8;/h1-7H,(H,12,13);/q;+1/p-1. The summed E-state index contributed by atoms with van der Waals surface area (Å²) in [5.41, 5.74) is 0.775. The van der Waals surface area contributed by atoms with E-state index in [1.165, 1.54) is 6.08 Å². The van der Waals surface area contributed by atoms with Crippen LogP contribution in [0.4, 0.5) is 0 Å². The smallest absolute Gasteiger partial charge is 0.541 e. The van der Waals surface area contributed by atoms with Gasteiger partial charge >= 0.3 is 29.6 Å². The van der Waals surface area contributed by atoms with Gasteiger partial charge in [0.2, 0.25) is 5.78 Å². The number of carbonyl (C=O) groups is 2. The van der Waals surface area contributed by atoms with Crippen LogP contribution in [-0.2, 0) is 9.59 Å². The van der Waals surface area contributed by atoms with Crippen molar-refractivity contribution in [1.29, 1.82) is 0 Å². The molecule has 0 aliphatic carbocycles. The Labute approximate surface area is 104 Å². The topological polar surface area (TPSA) is 57.2 Å². The van der Waals surface area contributed by atoms with Crippen molar-refractivity contribution in [2.45, 2.75) is 0 Å². The summed E-state index contributed by atoms with van der Waals surface area (Å²) in [7, 11) is 0. The first-order valence-corrected chi connectivity index (χ1v) is 3.68. The summed E-state index contributed by atoms with van der Waals surface area (Å²) in [6.45, 7) is 0. The minimum absolute atomic E-state index is 0. The number of hydrogen-bond acceptors (Lipinski definition) is 3. The zero-order chi connectivity index (χ0) is 9.68. The predicted octanol–water partition coefficient (Wildman–Crippen LogP) is -2.98. The molecule has 4 heteroatoms. The molecule has 0 N–H and O–H groups in total. The molecule has 0 unspecified atom stereocenters. The maximum atomic E-state index is 10.6. The van der Waals surface area contributed by atoms with Gasteiger partial charge in [-0.1, -0.05) is 36.4 Å². The number of carboxylic acid groups (broad SMARTS) is 1. The summed E-state index contributed by atoms with van der Waals surface area (Å²) in [4.78, 5) is 20.6. The Morgan fingerprint density at radius 3 is 2.21 bits per heavy atom. The molecule has 0 saturated carbocycles. The summed E-state index contributed by atoms with van der Waals surface area (Å²) < 4.78 is 0. The Balaban J connectivity index is 0.00000169. The predicted molar refractivity (Wildman–Crippen MR) is 45.5 cm³/mol. The first-order chi connectivity index (χ1) is 6.20. The number of ketones is 1. The number of rotatable bonds is 3. The van der Waals surface area contributed by atoms with Crippen LogP contribution in [0.15, 0.2) is 36.4 Å². The van der Waals surface area contributed by atoms with Crippen molar-refractivity contribution in [1.82, 2.24) is 0 Å². The molecule has 0 atom stereocenters. The van der Waals surface area contributed by atoms with Crippen LogP contribution in [0.5, 0.6) is 0 Å². The van der Waals surface area contributed by atoms with Crippen molar-refractivity contribution in [3.05, 3.63) is 42.0 Å². The van der Waals surface area contributed by atoms with Gasteiger partial charge in [-0.05, 0) is 11.6 Å². The van der Waals surface area contributed by atoms with Crippen LogP contribution in [0.3, 0.4) is 0 Å². The fourth-order valence-electron chi connectivity index (χ4n) is 0.804. The Hall–Kier alpha value is -0.900. The van der Waals surface area contributed by atoms with E-state index in [9.17, 15) is 14.7 Å². The minimum atomic E-state index is -1.69. The molecule has 0 aliphatic rings. The third kappa shape index (κ3) is 4.37. The molecular weight excluding hydrogens is 191 g/mol. The van der Waals surface area contributed by atoms with Gasteiger partial charge in [0.15, 0.2) is 0 Å². The molecule has 14 heavy (non-hydrogen) atoms. The second-order valence-electron chi connectivity index (χ2n) is 2.40. The van der Waals surface area contributed by atoms with E-state index in [1.807, 2.05) is 6.07 Å². The summed E-state index contributed by atoms with van der Waals surface area (Å²) >= 11 is 0. The van der Waals surface area contributed by atoms with E-state index in [-0.39, 0.29) is 29.6 Å². The zero-order valence-electron chi connectivity index (χ0n) is 7.77. The van der Waals surface area contributed by atoms with Crippen LogP contribution in [0.25, 0.3) is 6.08 Å². The molecule has 0 radical (unpaired) electrons. The van der Waals surface area contributed by atoms with Gasteiger partial charge in [0.1, 0.15) is 5.97 Å². The average Bonchev–Trinajstić information content (AvgIpc) is 2.15. The van der Waals surface area contributed by atoms with Crippen molar-refractivity contribution in [3.63, 3.8) is 0 Å². The fraction of sp³-hybridized carbons (Fsp3) is 0. The van der Waals surface area contributed by atoms with Gasteiger partial charge in [0.05, 0.1) is 0 Å². The van der Waals surface area contributed by atoms with Crippen molar-refractivity contribution < 1.29 is 44.3 Å². The molecule has 66 valence electrons. The van der Waals surface area contributed by atoms with Crippen molar-refractivity contribution >= 4 is 17.8 Å². The van der Waals surface area contributed by atoms with E-state index in [0.717, 1.165) is 11.6 Å². The monoisotopic (exact) mass is 198 g/mol. The van der Waals surface area contributed by atoms with Crippen LogP contribution < -0.4 is 34.7 Å². The summed E-state index contributed by atoms with van der Waals surface area (Å²) in [6.07, 6.45) is 2.41. The number of aliphatic carboxylic acids is 1. The van der Waals surface area contributed by atoms with E-state index in [4.69, 9.17) is 0 Å². The van der Waals surface area contributed by atoms with E-state index in [1.54, 1.807) is 24.3 Å². The summed E-state index contributed by atoms with van der Waals surface area (Å²) in [5, 5.41) is 10.0. The third-order valence-electron chi connectivity index (χ3n) is 1.43. The van der Waals surface area contributed by atoms with E-state index in [2.05, 4.69) is 0 Å². The molecule has 0 bridgehead atoms. The van der Waals surface area contributed by atoms with E-state index < -0.39 is 11.8 Å². The van der Waals surface area contributed by atoms with Gasteiger partial charge in [-0.15, -0.1) is 0 Å². The molecule has 0 spiro atoms. The molecule has 0 aromatic heterocycles. The Kier molecular flexibility index (Phi) is 6.12. The average molecular weight is 198 g/mol. The van der Waals surface area contributed by atoms with Gasteiger partial charge in [-0.2, -0.15) is 0 Å². The zero-order valence-corrected chi connectivity index (χ0v) is 9.77. The van der Waals surface area contributed by atoms with Crippen molar-refractivity contribution in [2.75, 3.05) is 0 Å². The van der Waals surface area contributed by atoms with Gasteiger partial charge < -0.3 is 9.90 Å². The van der Waals surface area contributed by atoms with Crippen LogP contribution >= 0.6 is 0 Å². The number of carboxylic acids is 1. The van der Waals surface area contributed by atoms with Crippen LogP contribution in [0, 0.1) is 0 Å². The summed E-state index contributed by atoms with van der Waals surface area (Å²) in [5.74, 6) is -2.71. The number of hydrogen-bond donors (Lipinski definition) is 0. The molecule has 3 nitrogen and oxygen atoms in total. The largest absolute Gasteiger partial charge is 1.00 e. The van der Waals surface area contributed by atoms with Crippen LogP contribution in [0.2, 0.25) is 0 Å². The minimum Gasteiger partial charge on any atom is -0.541 e. The molecule has 0 saturated heterocycles. The molecule has 0 heterocycles. The quantitative estimate of drug-likeness (QED) is 0.296. The number of carbonyl (C=O) groups excluding carboxylic acids is 2. The van der Waals surface area contributed by atoms with Gasteiger partial charge in [-0.25, -0.2) is 0 Å².